The van der Waals surface area contributed by atoms with Gasteiger partial charge in [0, 0.05) is 11.0 Å². The molecule has 0 radical (unpaired) electrons. The van der Waals surface area contributed by atoms with E-state index in [0.29, 0.717) is 17.9 Å². The summed E-state index contributed by atoms with van der Waals surface area (Å²) in [5.74, 6) is 0.0448. The summed E-state index contributed by atoms with van der Waals surface area (Å²) in [7, 11) is 1.58. The lowest BCUT2D eigenvalue weighted by Crippen LogP contribution is -2.46. The Kier molecular flexibility index (Phi) is 6.06. The molecule has 0 unspecified atom stereocenters. The highest BCUT2D eigenvalue weighted by Crippen LogP contribution is 2.57. The van der Waals surface area contributed by atoms with Crippen LogP contribution in [-0.4, -0.2) is 18.2 Å². The van der Waals surface area contributed by atoms with Crippen LogP contribution in [0.5, 0.6) is 11.5 Å². The Morgan fingerprint density at radius 3 is 2.47 bits per heavy atom. The van der Waals surface area contributed by atoms with Crippen molar-refractivity contribution in [3.8, 4) is 22.6 Å². The van der Waals surface area contributed by atoms with Crippen LogP contribution in [0.4, 0.5) is 4.39 Å². The molecule has 5 heteroatoms. The van der Waals surface area contributed by atoms with E-state index in [2.05, 4.69) is 32.9 Å². The van der Waals surface area contributed by atoms with Crippen molar-refractivity contribution in [2.75, 3.05) is 7.11 Å². The number of rotatable bonds is 6. The first-order chi connectivity index (χ1) is 17.1. The summed E-state index contributed by atoms with van der Waals surface area (Å²) in [5.41, 5.74) is 5.26. The summed E-state index contributed by atoms with van der Waals surface area (Å²) >= 11 is 0. The fourth-order valence-corrected chi connectivity index (χ4v) is 6.00. The van der Waals surface area contributed by atoms with Crippen LogP contribution in [-0.2, 0) is 28.7 Å². The van der Waals surface area contributed by atoms with Crippen LogP contribution < -0.4 is 9.47 Å². The molecule has 1 spiro atoms. The number of aliphatic carboxylic acids is 1. The molecule has 2 aliphatic rings. The van der Waals surface area contributed by atoms with E-state index in [1.54, 1.807) is 19.2 Å². The number of ether oxygens (including phenoxy) is 2. The van der Waals surface area contributed by atoms with E-state index in [0.717, 1.165) is 53.7 Å². The van der Waals surface area contributed by atoms with E-state index in [4.69, 9.17) is 9.47 Å². The number of benzene rings is 3. The minimum absolute atomic E-state index is 0.179. The van der Waals surface area contributed by atoms with Crippen LogP contribution >= 0.6 is 0 Å². The summed E-state index contributed by atoms with van der Waals surface area (Å²) in [5, 5.41) is 9.69. The second-order valence-electron chi connectivity index (χ2n) is 11.2. The number of fused-ring (bicyclic) bond motifs is 2. The van der Waals surface area contributed by atoms with Crippen molar-refractivity contribution in [3.63, 3.8) is 0 Å². The molecule has 188 valence electrons. The third-order valence-corrected chi connectivity index (χ3v) is 8.06. The maximum Gasteiger partial charge on any atom is 0.307 e. The predicted molar refractivity (Wildman–Crippen MR) is 138 cm³/mol. The van der Waals surface area contributed by atoms with Gasteiger partial charge in [-0.1, -0.05) is 39.0 Å². The molecule has 5 rings (SSSR count). The van der Waals surface area contributed by atoms with Gasteiger partial charge in [-0.25, -0.2) is 4.39 Å². The number of hydrogen-bond acceptors (Lipinski definition) is 3. The van der Waals surface area contributed by atoms with E-state index in [-0.39, 0.29) is 22.6 Å². The normalized spacial score (nSPS) is 20.6. The lowest BCUT2D eigenvalue weighted by Gasteiger charge is -2.45. The van der Waals surface area contributed by atoms with Crippen molar-refractivity contribution in [2.24, 2.45) is 5.92 Å². The van der Waals surface area contributed by atoms with Crippen LogP contribution in [0.25, 0.3) is 11.1 Å². The Labute approximate surface area is 212 Å². The molecule has 3 aromatic rings. The maximum absolute atomic E-state index is 14.9. The van der Waals surface area contributed by atoms with Crippen molar-refractivity contribution in [3.05, 3.63) is 82.7 Å². The molecule has 2 aliphatic carbocycles. The molecule has 4 nitrogen and oxygen atoms in total. The molecule has 0 saturated heterocycles. The average molecular weight is 489 g/mol. The topological polar surface area (TPSA) is 55.8 Å². The summed E-state index contributed by atoms with van der Waals surface area (Å²) in [6, 6.07) is 17.0. The number of aryl methyl sites for hydroxylation is 1. The number of halogens is 1. The summed E-state index contributed by atoms with van der Waals surface area (Å²) < 4.78 is 26.5. The molecule has 0 aromatic heterocycles. The highest BCUT2D eigenvalue weighted by Gasteiger charge is 2.54. The van der Waals surface area contributed by atoms with Gasteiger partial charge < -0.3 is 14.6 Å². The summed E-state index contributed by atoms with van der Waals surface area (Å²) in [6.07, 6.45) is 3.48. The van der Waals surface area contributed by atoms with Gasteiger partial charge in [0.2, 0.25) is 0 Å². The number of carbonyl (C=O) groups is 1. The fraction of sp³-hybridized carbons (Fsp3) is 0.387. The van der Waals surface area contributed by atoms with Gasteiger partial charge in [0.15, 0.2) is 0 Å². The predicted octanol–water partition coefficient (Wildman–Crippen LogP) is 7.06. The van der Waals surface area contributed by atoms with Gasteiger partial charge in [0.1, 0.15) is 23.9 Å². The third-order valence-electron chi connectivity index (χ3n) is 8.06. The Morgan fingerprint density at radius 2 is 1.81 bits per heavy atom. The first kappa shape index (κ1) is 24.4. The molecule has 1 fully saturated rings. The molecule has 1 N–H and O–H groups in total. The van der Waals surface area contributed by atoms with Gasteiger partial charge in [-0.05, 0) is 95.3 Å². The molecule has 0 aliphatic heterocycles. The molecule has 0 bridgehead atoms. The Morgan fingerprint density at radius 1 is 1.03 bits per heavy atom. The van der Waals surface area contributed by atoms with Crippen molar-refractivity contribution in [1.29, 1.82) is 0 Å². The Bertz CT molecular complexity index is 1320. The zero-order valence-electron chi connectivity index (χ0n) is 21.4. The first-order valence-electron chi connectivity index (χ1n) is 12.6. The van der Waals surface area contributed by atoms with Gasteiger partial charge in [-0.3, -0.25) is 4.79 Å². The van der Waals surface area contributed by atoms with Crippen LogP contribution in [0.3, 0.4) is 0 Å². The van der Waals surface area contributed by atoms with Crippen LogP contribution in [0.2, 0.25) is 0 Å². The van der Waals surface area contributed by atoms with Crippen molar-refractivity contribution in [1.82, 2.24) is 0 Å². The van der Waals surface area contributed by atoms with E-state index >= 15 is 0 Å². The number of methoxy groups -OCH3 is 1. The molecule has 0 heterocycles. The Hall–Kier alpha value is -3.34. The quantitative estimate of drug-likeness (QED) is 0.404. The van der Waals surface area contributed by atoms with Gasteiger partial charge in [0.25, 0.3) is 0 Å². The summed E-state index contributed by atoms with van der Waals surface area (Å²) in [6.45, 7) is 6.68. The third kappa shape index (κ3) is 4.15. The van der Waals surface area contributed by atoms with E-state index in [1.807, 2.05) is 24.3 Å². The molecular formula is C31H33FO4. The van der Waals surface area contributed by atoms with Crippen molar-refractivity contribution >= 4 is 5.97 Å². The number of hydrogen-bond donors (Lipinski definition) is 1. The van der Waals surface area contributed by atoms with E-state index in [1.165, 1.54) is 11.6 Å². The molecule has 3 aromatic carbocycles. The minimum Gasteiger partial charge on any atom is -0.497 e. The van der Waals surface area contributed by atoms with Gasteiger partial charge in [-0.2, -0.15) is 0 Å². The number of carboxylic acids is 1. The molecular weight excluding hydrogens is 455 g/mol. The second-order valence-corrected chi connectivity index (χ2v) is 11.2. The molecule has 1 saturated carbocycles. The monoisotopic (exact) mass is 488 g/mol. The first-order valence-corrected chi connectivity index (χ1v) is 12.6. The highest BCUT2D eigenvalue weighted by molar-refractivity contribution is 5.75. The average Bonchev–Trinajstić information content (AvgIpc) is 3.22. The molecule has 2 atom stereocenters. The van der Waals surface area contributed by atoms with Crippen LogP contribution in [0.15, 0.2) is 54.6 Å². The van der Waals surface area contributed by atoms with Gasteiger partial charge >= 0.3 is 5.97 Å². The van der Waals surface area contributed by atoms with Crippen molar-refractivity contribution < 1.29 is 23.8 Å². The standard InChI is InChI=1S/C31H33FO4/c1-30(2,3)25-9-5-19(15-23(25)24-16-21(35-4)8-10-28(24)32)18-36-22-7-6-20-11-13-31(27(20)17-22)14-12-26(31)29(33)34/h5-10,15-17,26H,11-14,18H2,1-4H3,(H,33,34)/t26-,31-/m0/s1. The van der Waals surface area contributed by atoms with Crippen molar-refractivity contribution in [2.45, 2.75) is 63.9 Å². The van der Waals surface area contributed by atoms with Gasteiger partial charge in [0.05, 0.1) is 13.0 Å². The zero-order chi connectivity index (χ0) is 25.7. The van der Waals surface area contributed by atoms with E-state index in [9.17, 15) is 14.3 Å². The van der Waals surface area contributed by atoms with E-state index < -0.39 is 5.97 Å². The maximum atomic E-state index is 14.9. The van der Waals surface area contributed by atoms with Crippen LogP contribution in [0.1, 0.15) is 62.3 Å². The Balaban J connectivity index is 1.44. The molecule has 0 amide bonds. The highest BCUT2D eigenvalue weighted by atomic mass is 19.1. The zero-order valence-corrected chi connectivity index (χ0v) is 21.4. The molecule has 36 heavy (non-hydrogen) atoms. The number of carboxylic acid groups (broad SMARTS) is 1. The smallest absolute Gasteiger partial charge is 0.307 e. The second kappa shape index (κ2) is 8.95. The van der Waals surface area contributed by atoms with Crippen LogP contribution in [0, 0.1) is 11.7 Å². The fourth-order valence-electron chi connectivity index (χ4n) is 6.00. The minimum atomic E-state index is -0.698. The largest absolute Gasteiger partial charge is 0.497 e. The SMILES string of the molecule is COc1ccc(F)c(-c2cc(COc3ccc4c(c3)[C@@]3(CC4)CC[C@H]3C(=O)O)ccc2C(C)(C)C)c1. The lowest BCUT2D eigenvalue weighted by molar-refractivity contribution is -0.149. The summed E-state index contributed by atoms with van der Waals surface area (Å²) in [4.78, 5) is 11.8. The van der Waals surface area contributed by atoms with Gasteiger partial charge in [-0.15, -0.1) is 0 Å². The lowest BCUT2D eigenvalue weighted by atomic mass is 9.57.